The van der Waals surface area contributed by atoms with E-state index >= 15 is 0 Å². The molecule has 14 heavy (non-hydrogen) atoms. The lowest BCUT2D eigenvalue weighted by molar-refractivity contribution is 0.187. The van der Waals surface area contributed by atoms with Crippen molar-refractivity contribution in [3.05, 3.63) is 29.3 Å². The van der Waals surface area contributed by atoms with Gasteiger partial charge in [0.05, 0.1) is 11.0 Å². The number of fused-ring (bicyclic) bond motifs is 1. The van der Waals surface area contributed by atoms with Crippen LogP contribution in [-0.2, 0) is 23.0 Å². The largest absolute Gasteiger partial charge is 0.392 e. The Bertz CT molecular complexity index is 464. The van der Waals surface area contributed by atoms with Crippen LogP contribution in [0.4, 0.5) is 0 Å². The summed E-state index contributed by atoms with van der Waals surface area (Å²) in [7, 11) is -4.12. The molecule has 76 valence electrons. The lowest BCUT2D eigenvalue weighted by Gasteiger charge is -2.00. The Balaban J connectivity index is 2.48. The molecule has 0 spiro atoms. The van der Waals surface area contributed by atoms with Crippen molar-refractivity contribution in [1.29, 1.82) is 0 Å². The van der Waals surface area contributed by atoms with Gasteiger partial charge in [0.15, 0.2) is 0 Å². The van der Waals surface area contributed by atoms with Gasteiger partial charge in [-0.1, -0.05) is 6.07 Å². The molecule has 1 aliphatic carbocycles. The first-order valence-electron chi connectivity index (χ1n) is 4.24. The molecule has 2 N–H and O–H groups in total. The summed E-state index contributed by atoms with van der Waals surface area (Å²) in [6.45, 7) is 0. The highest BCUT2D eigenvalue weighted by Gasteiger charge is 2.21. The second-order valence-electron chi connectivity index (χ2n) is 3.47. The molecule has 1 aromatic carbocycles. The van der Waals surface area contributed by atoms with Gasteiger partial charge >= 0.3 is 0 Å². The molecular weight excluding hydrogens is 204 g/mol. The number of aliphatic hydroxyl groups excluding tert-OH is 1. The Morgan fingerprint density at radius 2 is 1.86 bits per heavy atom. The van der Waals surface area contributed by atoms with Crippen molar-refractivity contribution in [2.45, 2.75) is 23.8 Å². The molecule has 0 aromatic heterocycles. The van der Waals surface area contributed by atoms with E-state index in [4.69, 9.17) is 4.55 Å². The fourth-order valence-corrected chi connectivity index (χ4v) is 2.26. The lowest BCUT2D eigenvalue weighted by atomic mass is 10.1. The minimum absolute atomic E-state index is 0.106. The summed E-state index contributed by atoms with van der Waals surface area (Å²) in [5.41, 5.74) is 1.75. The standard InChI is InChI=1S/C9H10O4S/c10-8-3-6-1-2-9(14(11,12)13)5-7(6)4-8/h1-2,5,8,10H,3-4H2,(H,11,12,13). The maximum Gasteiger partial charge on any atom is 0.294 e. The van der Waals surface area contributed by atoms with Gasteiger partial charge in [-0.15, -0.1) is 0 Å². The third-order valence-corrected chi connectivity index (χ3v) is 3.24. The molecule has 1 unspecified atom stereocenters. The fraction of sp³-hybridized carbons (Fsp3) is 0.333. The second-order valence-corrected chi connectivity index (χ2v) is 4.89. The van der Waals surface area contributed by atoms with Crippen LogP contribution in [0.25, 0.3) is 0 Å². The molecule has 0 fully saturated rings. The van der Waals surface area contributed by atoms with Crippen molar-refractivity contribution >= 4 is 10.1 Å². The lowest BCUT2D eigenvalue weighted by Crippen LogP contribution is -2.03. The van der Waals surface area contributed by atoms with Gasteiger partial charge in [0, 0.05) is 0 Å². The zero-order valence-electron chi connectivity index (χ0n) is 7.34. The first-order valence-corrected chi connectivity index (χ1v) is 5.68. The molecule has 0 bridgehead atoms. The van der Waals surface area contributed by atoms with Crippen LogP contribution in [-0.4, -0.2) is 24.2 Å². The molecular formula is C9H10O4S. The molecule has 0 saturated heterocycles. The monoisotopic (exact) mass is 214 g/mol. The van der Waals surface area contributed by atoms with Crippen LogP contribution in [0, 0.1) is 0 Å². The molecule has 5 heteroatoms. The van der Waals surface area contributed by atoms with Gasteiger partial charge in [0.1, 0.15) is 0 Å². The summed E-state index contributed by atoms with van der Waals surface area (Å²) in [6.07, 6.45) is 0.585. The third-order valence-electron chi connectivity index (χ3n) is 2.39. The maximum absolute atomic E-state index is 10.8. The van der Waals surface area contributed by atoms with Crippen LogP contribution in [0.3, 0.4) is 0 Å². The number of hydrogen-bond acceptors (Lipinski definition) is 3. The SMILES string of the molecule is O=S(=O)(O)c1ccc2c(c1)CC(O)C2. The van der Waals surface area contributed by atoms with Crippen molar-refractivity contribution < 1.29 is 18.1 Å². The molecule has 0 amide bonds. The molecule has 1 aliphatic rings. The Labute approximate surface area is 81.9 Å². The van der Waals surface area contributed by atoms with E-state index in [1.165, 1.54) is 12.1 Å². The number of aliphatic hydroxyl groups is 1. The van der Waals surface area contributed by atoms with E-state index in [-0.39, 0.29) is 4.90 Å². The Kier molecular flexibility index (Phi) is 2.10. The summed E-state index contributed by atoms with van der Waals surface area (Å²) < 4.78 is 30.4. The van der Waals surface area contributed by atoms with Crippen LogP contribution in [0.5, 0.6) is 0 Å². The quantitative estimate of drug-likeness (QED) is 0.663. The van der Waals surface area contributed by atoms with Gasteiger partial charge in [-0.3, -0.25) is 4.55 Å². The van der Waals surface area contributed by atoms with Gasteiger partial charge in [-0.05, 0) is 36.1 Å². The van der Waals surface area contributed by atoms with Crippen LogP contribution in [0.1, 0.15) is 11.1 Å². The van der Waals surface area contributed by atoms with Crippen molar-refractivity contribution in [2.24, 2.45) is 0 Å². The van der Waals surface area contributed by atoms with Crippen molar-refractivity contribution in [3.8, 4) is 0 Å². The highest BCUT2D eigenvalue weighted by molar-refractivity contribution is 7.85. The number of hydrogen-bond donors (Lipinski definition) is 2. The Morgan fingerprint density at radius 3 is 2.50 bits per heavy atom. The molecule has 4 nitrogen and oxygen atoms in total. The molecule has 0 radical (unpaired) electrons. The summed E-state index contributed by atoms with van der Waals surface area (Å²) in [5.74, 6) is 0. The van der Waals surface area contributed by atoms with E-state index < -0.39 is 16.2 Å². The predicted octanol–water partition coefficient (Wildman–Crippen LogP) is 0.393. The third kappa shape index (κ3) is 1.66. The molecule has 0 aliphatic heterocycles. The summed E-state index contributed by atoms with van der Waals surface area (Å²) in [6, 6.07) is 4.40. The second kappa shape index (κ2) is 3.05. The zero-order chi connectivity index (χ0) is 10.3. The van der Waals surface area contributed by atoms with Crippen LogP contribution >= 0.6 is 0 Å². The Morgan fingerprint density at radius 1 is 1.21 bits per heavy atom. The minimum Gasteiger partial charge on any atom is -0.392 e. The molecule has 1 atom stereocenters. The van der Waals surface area contributed by atoms with Crippen molar-refractivity contribution in [2.75, 3.05) is 0 Å². The van der Waals surface area contributed by atoms with Gasteiger partial charge in [0.25, 0.3) is 10.1 Å². The summed E-state index contributed by atoms with van der Waals surface area (Å²) >= 11 is 0. The first-order chi connectivity index (χ1) is 6.47. The van der Waals surface area contributed by atoms with Gasteiger partial charge in [-0.2, -0.15) is 8.42 Å². The molecule has 0 heterocycles. The Hall–Kier alpha value is -0.910. The summed E-state index contributed by atoms with van der Waals surface area (Å²) in [5, 5.41) is 9.33. The van der Waals surface area contributed by atoms with E-state index in [2.05, 4.69) is 0 Å². The van der Waals surface area contributed by atoms with Gasteiger partial charge in [-0.25, -0.2) is 0 Å². The van der Waals surface area contributed by atoms with Crippen LogP contribution in [0.2, 0.25) is 0 Å². The van der Waals surface area contributed by atoms with E-state index in [9.17, 15) is 13.5 Å². The van der Waals surface area contributed by atoms with Gasteiger partial charge < -0.3 is 5.11 Å². The average Bonchev–Trinajstić information content (AvgIpc) is 2.41. The summed E-state index contributed by atoms with van der Waals surface area (Å²) in [4.78, 5) is -0.106. The molecule has 0 saturated carbocycles. The molecule has 1 aromatic rings. The van der Waals surface area contributed by atoms with Gasteiger partial charge in [0.2, 0.25) is 0 Å². The highest BCUT2D eigenvalue weighted by Crippen LogP contribution is 2.24. The predicted molar refractivity (Wildman–Crippen MR) is 49.7 cm³/mol. The van der Waals surface area contributed by atoms with Crippen molar-refractivity contribution in [1.82, 2.24) is 0 Å². The van der Waals surface area contributed by atoms with Crippen molar-refractivity contribution in [3.63, 3.8) is 0 Å². The number of rotatable bonds is 1. The molecule has 2 rings (SSSR count). The van der Waals surface area contributed by atoms with E-state index in [0.29, 0.717) is 12.8 Å². The number of benzene rings is 1. The average molecular weight is 214 g/mol. The van der Waals surface area contributed by atoms with Crippen LogP contribution in [0.15, 0.2) is 23.1 Å². The minimum atomic E-state index is -4.12. The smallest absolute Gasteiger partial charge is 0.294 e. The highest BCUT2D eigenvalue weighted by atomic mass is 32.2. The zero-order valence-corrected chi connectivity index (χ0v) is 8.16. The van der Waals surface area contributed by atoms with Crippen LogP contribution < -0.4 is 0 Å². The first kappa shape index (κ1) is 9.64. The fourth-order valence-electron chi connectivity index (χ4n) is 1.73. The van der Waals surface area contributed by atoms with E-state index in [1.54, 1.807) is 6.07 Å². The van der Waals surface area contributed by atoms with E-state index in [0.717, 1.165) is 11.1 Å². The maximum atomic E-state index is 10.8. The van der Waals surface area contributed by atoms with E-state index in [1.807, 2.05) is 0 Å². The normalized spacial score (nSPS) is 20.9. The topological polar surface area (TPSA) is 74.6 Å².